The Bertz CT molecular complexity index is 174. The molecule has 0 aromatic heterocycles. The fraction of sp³-hybridized carbons (Fsp3) is 0.333. The second kappa shape index (κ2) is 3.51. The van der Waals surface area contributed by atoms with Gasteiger partial charge in [0.25, 0.3) is 0 Å². The molecule has 4 nitrogen and oxygen atoms in total. The van der Waals surface area contributed by atoms with Crippen molar-refractivity contribution in [2.45, 2.75) is 6.42 Å². The first-order valence-corrected chi connectivity index (χ1v) is 2.48. The molecule has 0 amide bonds. The maximum absolute atomic E-state index is 10.1. The second-order valence-electron chi connectivity index (χ2n) is 1.64. The van der Waals surface area contributed by atoms with Crippen molar-refractivity contribution in [3.05, 3.63) is 0 Å². The topological polar surface area (TPSA) is 74.6 Å². The van der Waals surface area contributed by atoms with Gasteiger partial charge in [0.1, 0.15) is 0 Å². The first-order valence-electron chi connectivity index (χ1n) is 2.48. The molecule has 0 rings (SSSR count). The monoisotopic (exact) mass is 142 g/mol. The van der Waals surface area contributed by atoms with Gasteiger partial charge in [-0.05, 0) is 0 Å². The van der Waals surface area contributed by atoms with Crippen LogP contribution in [-0.4, -0.2) is 22.2 Å². The highest BCUT2D eigenvalue weighted by atomic mass is 16.4. The first kappa shape index (κ1) is 8.50. The predicted molar refractivity (Wildman–Crippen MR) is 32.2 cm³/mol. The van der Waals surface area contributed by atoms with Crippen LogP contribution in [-0.2, 0) is 9.59 Å². The molecule has 0 aliphatic carbocycles. The van der Waals surface area contributed by atoms with Gasteiger partial charge in [-0.15, -0.1) is 12.3 Å². The molecule has 54 valence electrons. The number of carboxylic acids is 2. The van der Waals surface area contributed by atoms with Crippen LogP contribution in [0.2, 0.25) is 0 Å². The molecule has 0 bridgehead atoms. The summed E-state index contributed by atoms with van der Waals surface area (Å²) in [6.07, 6.45) is 4.46. The van der Waals surface area contributed by atoms with E-state index in [4.69, 9.17) is 16.6 Å². The van der Waals surface area contributed by atoms with E-state index in [0.717, 1.165) is 0 Å². The van der Waals surface area contributed by atoms with Gasteiger partial charge in [0.2, 0.25) is 0 Å². The lowest BCUT2D eigenvalue weighted by Gasteiger charge is -1.99. The van der Waals surface area contributed by atoms with Gasteiger partial charge in [-0.25, -0.2) is 0 Å². The number of hydrogen-bond acceptors (Lipinski definition) is 2. The zero-order chi connectivity index (χ0) is 8.15. The van der Waals surface area contributed by atoms with Crippen molar-refractivity contribution in [3.8, 4) is 12.3 Å². The summed E-state index contributed by atoms with van der Waals surface area (Å²) in [6, 6.07) is 0. The van der Waals surface area contributed by atoms with E-state index in [1.807, 2.05) is 5.92 Å². The maximum atomic E-state index is 10.1. The standard InChI is InChI=1S/C6H6O4/c1-2-3-4(5(7)8)6(9)10/h1,4H,3H2,(H,7,8)(H,9,10). The van der Waals surface area contributed by atoms with E-state index in [2.05, 4.69) is 0 Å². The van der Waals surface area contributed by atoms with Crippen molar-refractivity contribution >= 4 is 11.9 Å². The van der Waals surface area contributed by atoms with Gasteiger partial charge in [-0.1, -0.05) is 0 Å². The summed E-state index contributed by atoms with van der Waals surface area (Å²) in [4.78, 5) is 20.1. The van der Waals surface area contributed by atoms with Crippen molar-refractivity contribution in [3.63, 3.8) is 0 Å². The molecule has 0 saturated carbocycles. The van der Waals surface area contributed by atoms with Crippen molar-refractivity contribution in [1.82, 2.24) is 0 Å². The minimum absolute atomic E-state index is 0.273. The largest absolute Gasteiger partial charge is 0.481 e. The fourth-order valence-electron chi connectivity index (χ4n) is 0.398. The fourth-order valence-corrected chi connectivity index (χ4v) is 0.398. The van der Waals surface area contributed by atoms with Crippen LogP contribution in [0.3, 0.4) is 0 Å². The van der Waals surface area contributed by atoms with E-state index in [1.165, 1.54) is 0 Å². The average molecular weight is 142 g/mol. The molecule has 2 N–H and O–H groups in total. The van der Waals surface area contributed by atoms with Gasteiger partial charge < -0.3 is 10.2 Å². The highest BCUT2D eigenvalue weighted by molar-refractivity contribution is 5.93. The Kier molecular flexibility index (Phi) is 2.98. The summed E-state index contributed by atoms with van der Waals surface area (Å²) < 4.78 is 0. The molecule has 0 atom stereocenters. The number of terminal acetylenes is 1. The zero-order valence-corrected chi connectivity index (χ0v) is 5.07. The van der Waals surface area contributed by atoms with Crippen LogP contribution < -0.4 is 0 Å². The van der Waals surface area contributed by atoms with E-state index in [0.29, 0.717) is 0 Å². The third-order valence-corrected chi connectivity index (χ3v) is 0.918. The number of rotatable bonds is 3. The molecule has 0 saturated heterocycles. The Hall–Kier alpha value is -1.50. The van der Waals surface area contributed by atoms with Crippen molar-refractivity contribution in [2.24, 2.45) is 5.92 Å². The molecular weight excluding hydrogens is 136 g/mol. The van der Waals surface area contributed by atoms with Crippen LogP contribution >= 0.6 is 0 Å². The minimum atomic E-state index is -1.47. The zero-order valence-electron chi connectivity index (χ0n) is 5.07. The van der Waals surface area contributed by atoms with E-state index in [9.17, 15) is 9.59 Å². The molecular formula is C6H6O4. The Labute approximate surface area is 57.5 Å². The van der Waals surface area contributed by atoms with Gasteiger partial charge in [-0.3, -0.25) is 9.59 Å². The summed E-state index contributed by atoms with van der Waals surface area (Å²) in [7, 11) is 0. The molecule has 0 unspecified atom stereocenters. The summed E-state index contributed by atoms with van der Waals surface area (Å²) in [6.45, 7) is 0. The van der Waals surface area contributed by atoms with Gasteiger partial charge in [0, 0.05) is 6.42 Å². The lowest BCUT2D eigenvalue weighted by Crippen LogP contribution is -2.22. The van der Waals surface area contributed by atoms with Crippen LogP contribution in [0.25, 0.3) is 0 Å². The van der Waals surface area contributed by atoms with Crippen LogP contribution in [0, 0.1) is 18.3 Å². The van der Waals surface area contributed by atoms with Gasteiger partial charge in [-0.2, -0.15) is 0 Å². The molecule has 0 aromatic rings. The third kappa shape index (κ3) is 2.18. The van der Waals surface area contributed by atoms with Gasteiger partial charge in [0.15, 0.2) is 5.92 Å². The maximum Gasteiger partial charge on any atom is 0.318 e. The SMILES string of the molecule is C#CCC(C(=O)O)C(=O)O. The van der Waals surface area contributed by atoms with E-state index in [-0.39, 0.29) is 6.42 Å². The normalized spacial score (nSPS) is 8.80. The predicted octanol–water partition coefficient (Wildman–Crippen LogP) is -0.205. The Morgan fingerprint density at radius 3 is 1.90 bits per heavy atom. The molecule has 0 spiro atoms. The van der Waals surface area contributed by atoms with E-state index in [1.54, 1.807) is 0 Å². The molecule has 0 heterocycles. The first-order chi connectivity index (χ1) is 4.59. The quantitative estimate of drug-likeness (QED) is 0.422. The van der Waals surface area contributed by atoms with Crippen molar-refractivity contribution in [1.29, 1.82) is 0 Å². The van der Waals surface area contributed by atoms with Crippen LogP contribution in [0.4, 0.5) is 0 Å². The highest BCUT2D eigenvalue weighted by Crippen LogP contribution is 2.01. The number of carboxylic acid groups (broad SMARTS) is 2. The second-order valence-corrected chi connectivity index (χ2v) is 1.64. The van der Waals surface area contributed by atoms with Crippen LogP contribution in [0.15, 0.2) is 0 Å². The Morgan fingerprint density at radius 2 is 1.80 bits per heavy atom. The summed E-state index contributed by atoms with van der Waals surface area (Å²) >= 11 is 0. The Morgan fingerprint density at radius 1 is 1.40 bits per heavy atom. The summed E-state index contributed by atoms with van der Waals surface area (Å²) in [5.74, 6) is -2.29. The Balaban J connectivity index is 4.15. The number of hydrogen-bond donors (Lipinski definition) is 2. The van der Waals surface area contributed by atoms with Gasteiger partial charge in [0.05, 0.1) is 0 Å². The molecule has 0 aliphatic heterocycles. The molecule has 4 heteroatoms. The van der Waals surface area contributed by atoms with Crippen LogP contribution in [0.5, 0.6) is 0 Å². The third-order valence-electron chi connectivity index (χ3n) is 0.918. The molecule has 10 heavy (non-hydrogen) atoms. The number of aliphatic carboxylic acids is 2. The molecule has 0 aromatic carbocycles. The average Bonchev–Trinajstić information content (AvgIpc) is 1.81. The van der Waals surface area contributed by atoms with E-state index < -0.39 is 17.9 Å². The molecule has 0 radical (unpaired) electrons. The number of carbonyl (C=O) groups is 2. The minimum Gasteiger partial charge on any atom is -0.481 e. The molecule has 0 fully saturated rings. The van der Waals surface area contributed by atoms with Crippen molar-refractivity contribution in [2.75, 3.05) is 0 Å². The summed E-state index contributed by atoms with van der Waals surface area (Å²) in [5, 5.41) is 16.4. The lowest BCUT2D eigenvalue weighted by atomic mass is 10.1. The van der Waals surface area contributed by atoms with Gasteiger partial charge >= 0.3 is 11.9 Å². The summed E-state index contributed by atoms with van der Waals surface area (Å²) in [5.41, 5.74) is 0. The smallest absolute Gasteiger partial charge is 0.318 e. The highest BCUT2D eigenvalue weighted by Gasteiger charge is 2.23. The van der Waals surface area contributed by atoms with Crippen LogP contribution in [0.1, 0.15) is 6.42 Å². The lowest BCUT2D eigenvalue weighted by molar-refractivity contribution is -0.154. The van der Waals surface area contributed by atoms with E-state index >= 15 is 0 Å². The van der Waals surface area contributed by atoms with Crippen molar-refractivity contribution < 1.29 is 19.8 Å². The molecule has 0 aliphatic rings.